The van der Waals surface area contributed by atoms with Gasteiger partial charge in [-0.1, -0.05) is 72.8 Å². The summed E-state index contributed by atoms with van der Waals surface area (Å²) in [5.74, 6) is 2.72. The number of para-hydroxylation sites is 1. The molecular formula is C30H30O4. The van der Waals surface area contributed by atoms with Crippen LogP contribution in [-0.4, -0.2) is 27.4 Å². The van der Waals surface area contributed by atoms with Crippen LogP contribution in [0.5, 0.6) is 23.0 Å². The Bertz CT molecular complexity index is 1120. The topological polar surface area (TPSA) is 36.9 Å². The lowest BCUT2D eigenvalue weighted by Crippen LogP contribution is -2.23. The Morgan fingerprint density at radius 3 is 1.82 bits per heavy atom. The standard InChI is InChI=1S/C30H30O4/c1-31-28-20-24(21-29(32-2)30(28)33-3)27-17-11-10-14-23(27)19-26(18-22-12-6-4-7-13-22)34-25-15-8-5-9-16-25/h4-17,20-21,26H,18-19H2,1-3H3. The second-order valence-electron chi connectivity index (χ2n) is 8.02. The Hall–Kier alpha value is -3.92. The van der Waals surface area contributed by atoms with E-state index in [0.717, 1.165) is 29.7 Å². The normalized spacial score (nSPS) is 11.5. The third kappa shape index (κ3) is 5.52. The molecule has 4 rings (SSSR count). The summed E-state index contributed by atoms with van der Waals surface area (Å²) in [6.07, 6.45) is 1.52. The second kappa shape index (κ2) is 11.3. The van der Waals surface area contributed by atoms with E-state index in [9.17, 15) is 0 Å². The SMILES string of the molecule is COc1cc(-c2ccccc2CC(Cc2ccccc2)Oc2ccccc2)cc(OC)c1OC. The zero-order chi connectivity index (χ0) is 23.8. The van der Waals surface area contributed by atoms with Gasteiger partial charge in [0, 0.05) is 12.8 Å². The summed E-state index contributed by atoms with van der Waals surface area (Å²) < 4.78 is 23.2. The van der Waals surface area contributed by atoms with Crippen LogP contribution < -0.4 is 18.9 Å². The van der Waals surface area contributed by atoms with Gasteiger partial charge in [0.2, 0.25) is 5.75 Å². The molecule has 34 heavy (non-hydrogen) atoms. The zero-order valence-electron chi connectivity index (χ0n) is 19.9. The first-order valence-corrected chi connectivity index (χ1v) is 11.4. The zero-order valence-corrected chi connectivity index (χ0v) is 19.9. The van der Waals surface area contributed by atoms with Crippen LogP contribution in [0.15, 0.2) is 97.1 Å². The smallest absolute Gasteiger partial charge is 0.203 e. The van der Waals surface area contributed by atoms with Crippen molar-refractivity contribution in [2.45, 2.75) is 18.9 Å². The van der Waals surface area contributed by atoms with Gasteiger partial charge in [-0.15, -0.1) is 0 Å². The number of ether oxygens (including phenoxy) is 4. The average Bonchev–Trinajstić information content (AvgIpc) is 2.89. The molecule has 0 saturated heterocycles. The summed E-state index contributed by atoms with van der Waals surface area (Å²) in [6.45, 7) is 0. The fourth-order valence-corrected chi connectivity index (χ4v) is 4.19. The lowest BCUT2D eigenvalue weighted by Gasteiger charge is -2.22. The molecule has 0 heterocycles. The van der Waals surface area contributed by atoms with Crippen LogP contribution >= 0.6 is 0 Å². The summed E-state index contributed by atoms with van der Waals surface area (Å²) in [5.41, 5.74) is 4.54. The fourth-order valence-electron chi connectivity index (χ4n) is 4.19. The van der Waals surface area contributed by atoms with Gasteiger partial charge >= 0.3 is 0 Å². The highest BCUT2D eigenvalue weighted by atomic mass is 16.5. The molecule has 0 saturated carbocycles. The molecule has 0 N–H and O–H groups in total. The Morgan fingerprint density at radius 2 is 1.21 bits per heavy atom. The lowest BCUT2D eigenvalue weighted by atomic mass is 9.93. The van der Waals surface area contributed by atoms with Crippen LogP contribution in [0.3, 0.4) is 0 Å². The minimum absolute atomic E-state index is 0.0343. The molecule has 0 aliphatic rings. The molecule has 0 radical (unpaired) electrons. The Balaban J connectivity index is 1.70. The van der Waals surface area contributed by atoms with Gasteiger partial charge in [0.15, 0.2) is 11.5 Å². The summed E-state index contributed by atoms with van der Waals surface area (Å²) in [4.78, 5) is 0. The minimum Gasteiger partial charge on any atom is -0.493 e. The first-order chi connectivity index (χ1) is 16.7. The number of hydrogen-bond acceptors (Lipinski definition) is 4. The van der Waals surface area contributed by atoms with Crippen molar-refractivity contribution in [2.24, 2.45) is 0 Å². The van der Waals surface area contributed by atoms with E-state index >= 15 is 0 Å². The predicted octanol–water partition coefficient (Wildman–Crippen LogP) is 6.61. The molecule has 4 aromatic carbocycles. The molecule has 0 aromatic heterocycles. The van der Waals surface area contributed by atoms with Crippen molar-refractivity contribution in [2.75, 3.05) is 21.3 Å². The molecule has 0 aliphatic carbocycles. The molecule has 1 atom stereocenters. The van der Waals surface area contributed by atoms with Crippen molar-refractivity contribution in [3.8, 4) is 34.1 Å². The minimum atomic E-state index is -0.0343. The highest BCUT2D eigenvalue weighted by Gasteiger charge is 2.19. The van der Waals surface area contributed by atoms with Gasteiger partial charge in [-0.05, 0) is 46.5 Å². The largest absolute Gasteiger partial charge is 0.493 e. The molecule has 174 valence electrons. The monoisotopic (exact) mass is 454 g/mol. The average molecular weight is 455 g/mol. The molecule has 4 aromatic rings. The van der Waals surface area contributed by atoms with E-state index in [4.69, 9.17) is 18.9 Å². The lowest BCUT2D eigenvalue weighted by molar-refractivity contribution is 0.202. The predicted molar refractivity (Wildman–Crippen MR) is 136 cm³/mol. The maximum atomic E-state index is 6.47. The first-order valence-electron chi connectivity index (χ1n) is 11.4. The number of benzene rings is 4. The maximum Gasteiger partial charge on any atom is 0.203 e. The van der Waals surface area contributed by atoms with Crippen molar-refractivity contribution < 1.29 is 18.9 Å². The van der Waals surface area contributed by atoms with Crippen LogP contribution in [0.2, 0.25) is 0 Å². The Kier molecular flexibility index (Phi) is 7.71. The second-order valence-corrected chi connectivity index (χ2v) is 8.02. The van der Waals surface area contributed by atoms with E-state index < -0.39 is 0 Å². The molecule has 1 unspecified atom stereocenters. The van der Waals surface area contributed by atoms with Gasteiger partial charge in [0.1, 0.15) is 11.9 Å². The van der Waals surface area contributed by atoms with Crippen molar-refractivity contribution in [1.29, 1.82) is 0 Å². The Labute approximate surface area is 201 Å². The van der Waals surface area contributed by atoms with Crippen LogP contribution in [0, 0.1) is 0 Å². The van der Waals surface area contributed by atoms with E-state index in [1.54, 1.807) is 21.3 Å². The van der Waals surface area contributed by atoms with Crippen LogP contribution in [-0.2, 0) is 12.8 Å². The van der Waals surface area contributed by atoms with Crippen molar-refractivity contribution >= 4 is 0 Å². The number of rotatable bonds is 10. The molecule has 0 amide bonds. The van der Waals surface area contributed by atoms with Crippen LogP contribution in [0.1, 0.15) is 11.1 Å². The van der Waals surface area contributed by atoms with E-state index in [1.165, 1.54) is 11.1 Å². The van der Waals surface area contributed by atoms with Gasteiger partial charge in [-0.2, -0.15) is 0 Å². The highest BCUT2D eigenvalue weighted by Crippen LogP contribution is 2.42. The van der Waals surface area contributed by atoms with Gasteiger partial charge in [-0.3, -0.25) is 0 Å². The van der Waals surface area contributed by atoms with Gasteiger partial charge in [0.05, 0.1) is 21.3 Å². The third-order valence-electron chi connectivity index (χ3n) is 5.79. The summed E-state index contributed by atoms with van der Waals surface area (Å²) in [7, 11) is 4.89. The molecule has 0 spiro atoms. The number of methoxy groups -OCH3 is 3. The first kappa shape index (κ1) is 23.2. The molecular weight excluding hydrogens is 424 g/mol. The summed E-state index contributed by atoms with van der Waals surface area (Å²) in [5, 5.41) is 0. The third-order valence-corrected chi connectivity index (χ3v) is 5.79. The van der Waals surface area contributed by atoms with Crippen molar-refractivity contribution in [3.05, 3.63) is 108 Å². The van der Waals surface area contributed by atoms with E-state index in [2.05, 4.69) is 42.5 Å². The van der Waals surface area contributed by atoms with E-state index in [1.807, 2.05) is 54.6 Å². The highest BCUT2D eigenvalue weighted by molar-refractivity contribution is 5.73. The Morgan fingerprint density at radius 1 is 0.618 bits per heavy atom. The van der Waals surface area contributed by atoms with Crippen LogP contribution in [0.25, 0.3) is 11.1 Å². The van der Waals surface area contributed by atoms with Gasteiger partial charge in [-0.25, -0.2) is 0 Å². The van der Waals surface area contributed by atoms with E-state index in [-0.39, 0.29) is 6.10 Å². The van der Waals surface area contributed by atoms with Crippen molar-refractivity contribution in [3.63, 3.8) is 0 Å². The summed E-state index contributed by atoms with van der Waals surface area (Å²) in [6, 6.07) is 32.8. The van der Waals surface area contributed by atoms with Gasteiger partial charge in [0.25, 0.3) is 0 Å². The van der Waals surface area contributed by atoms with Gasteiger partial charge < -0.3 is 18.9 Å². The fraction of sp³-hybridized carbons (Fsp3) is 0.200. The van der Waals surface area contributed by atoms with E-state index in [0.29, 0.717) is 17.2 Å². The molecule has 4 heteroatoms. The quantitative estimate of drug-likeness (QED) is 0.270. The molecule has 4 nitrogen and oxygen atoms in total. The molecule has 0 fully saturated rings. The molecule has 0 bridgehead atoms. The van der Waals surface area contributed by atoms with Crippen molar-refractivity contribution in [1.82, 2.24) is 0 Å². The maximum absolute atomic E-state index is 6.47. The number of hydrogen-bond donors (Lipinski definition) is 0. The summed E-state index contributed by atoms with van der Waals surface area (Å²) >= 11 is 0. The van der Waals surface area contributed by atoms with Crippen LogP contribution in [0.4, 0.5) is 0 Å². The molecule has 0 aliphatic heterocycles.